The third kappa shape index (κ3) is 5.61. The van der Waals surface area contributed by atoms with Crippen molar-refractivity contribution in [2.45, 2.75) is 52.8 Å². The summed E-state index contributed by atoms with van der Waals surface area (Å²) in [6.07, 6.45) is -0.225. The van der Waals surface area contributed by atoms with Gasteiger partial charge in [0, 0.05) is 37.8 Å². The first-order valence-electron chi connectivity index (χ1n) is 8.83. The SMILES string of the molecule is CCOc1c(Br)cccc1CN1CCN(C(=O)OC(C)(C)C)[C@@H](C)C1. The van der Waals surface area contributed by atoms with Crippen molar-refractivity contribution in [2.24, 2.45) is 0 Å². The molecule has 1 fully saturated rings. The van der Waals surface area contributed by atoms with E-state index in [0.717, 1.165) is 35.4 Å². The molecule has 0 aliphatic carbocycles. The van der Waals surface area contributed by atoms with Crippen LogP contribution in [0.25, 0.3) is 0 Å². The molecule has 5 nitrogen and oxygen atoms in total. The fourth-order valence-electron chi connectivity index (χ4n) is 2.99. The average molecular weight is 413 g/mol. The number of para-hydroxylation sites is 1. The van der Waals surface area contributed by atoms with Crippen molar-refractivity contribution in [2.75, 3.05) is 26.2 Å². The average Bonchev–Trinajstić information content (AvgIpc) is 2.49. The number of amides is 1. The van der Waals surface area contributed by atoms with E-state index in [4.69, 9.17) is 9.47 Å². The summed E-state index contributed by atoms with van der Waals surface area (Å²) in [4.78, 5) is 16.5. The second-order valence-electron chi connectivity index (χ2n) is 7.42. The number of hydrogen-bond acceptors (Lipinski definition) is 4. The van der Waals surface area contributed by atoms with Crippen LogP contribution in [0, 0.1) is 0 Å². The predicted octanol–water partition coefficient (Wildman–Crippen LogP) is 4.29. The summed E-state index contributed by atoms with van der Waals surface area (Å²) in [7, 11) is 0. The van der Waals surface area contributed by atoms with Gasteiger partial charge in [-0.25, -0.2) is 4.79 Å². The standard InChI is InChI=1S/C19H29BrN2O3/c1-6-24-17-15(8-7-9-16(17)20)13-21-10-11-22(14(2)12-21)18(23)25-19(3,4)5/h7-9,14H,6,10-13H2,1-5H3/t14-/m0/s1. The summed E-state index contributed by atoms with van der Waals surface area (Å²) >= 11 is 3.57. The highest BCUT2D eigenvalue weighted by atomic mass is 79.9. The van der Waals surface area contributed by atoms with Gasteiger partial charge in [0.25, 0.3) is 0 Å². The number of piperazine rings is 1. The molecule has 140 valence electrons. The summed E-state index contributed by atoms with van der Waals surface area (Å²) in [5.41, 5.74) is 0.700. The maximum absolute atomic E-state index is 12.3. The molecule has 0 radical (unpaired) electrons. The van der Waals surface area contributed by atoms with Gasteiger partial charge in [0.15, 0.2) is 0 Å². The van der Waals surface area contributed by atoms with Crippen molar-refractivity contribution in [3.05, 3.63) is 28.2 Å². The molecule has 25 heavy (non-hydrogen) atoms. The minimum Gasteiger partial charge on any atom is -0.492 e. The number of carbonyl (C=O) groups is 1. The molecule has 0 N–H and O–H groups in total. The highest BCUT2D eigenvalue weighted by Crippen LogP contribution is 2.30. The minimum atomic E-state index is -0.462. The van der Waals surface area contributed by atoms with Crippen LogP contribution in [-0.2, 0) is 11.3 Å². The molecule has 1 heterocycles. The Labute approximate surface area is 159 Å². The number of benzene rings is 1. The van der Waals surface area contributed by atoms with E-state index in [0.29, 0.717) is 13.2 Å². The molecular formula is C19H29BrN2O3. The van der Waals surface area contributed by atoms with E-state index in [9.17, 15) is 4.79 Å². The number of halogens is 1. The lowest BCUT2D eigenvalue weighted by Crippen LogP contribution is -2.54. The highest BCUT2D eigenvalue weighted by molar-refractivity contribution is 9.10. The summed E-state index contributed by atoms with van der Waals surface area (Å²) in [6, 6.07) is 6.24. The second kappa shape index (κ2) is 8.41. The van der Waals surface area contributed by atoms with Gasteiger partial charge in [-0.2, -0.15) is 0 Å². The Morgan fingerprint density at radius 3 is 2.64 bits per heavy atom. The van der Waals surface area contributed by atoms with E-state index >= 15 is 0 Å². The number of hydrogen-bond donors (Lipinski definition) is 0. The predicted molar refractivity (Wildman–Crippen MR) is 103 cm³/mol. The molecule has 1 aromatic carbocycles. The van der Waals surface area contributed by atoms with E-state index < -0.39 is 5.60 Å². The topological polar surface area (TPSA) is 42.0 Å². The van der Waals surface area contributed by atoms with Gasteiger partial charge in [0.2, 0.25) is 0 Å². The van der Waals surface area contributed by atoms with Crippen LogP contribution in [0.3, 0.4) is 0 Å². The number of nitrogens with zero attached hydrogens (tertiary/aromatic N) is 2. The first kappa shape index (κ1) is 20.0. The van der Waals surface area contributed by atoms with E-state index in [2.05, 4.69) is 33.8 Å². The molecule has 1 atom stereocenters. The van der Waals surface area contributed by atoms with Gasteiger partial charge < -0.3 is 14.4 Å². The van der Waals surface area contributed by atoms with Crippen LogP contribution in [0.1, 0.15) is 40.2 Å². The van der Waals surface area contributed by atoms with Gasteiger partial charge in [-0.1, -0.05) is 12.1 Å². The highest BCUT2D eigenvalue weighted by Gasteiger charge is 2.31. The zero-order valence-electron chi connectivity index (χ0n) is 15.8. The summed E-state index contributed by atoms with van der Waals surface area (Å²) in [6.45, 7) is 13.5. The van der Waals surface area contributed by atoms with Crippen molar-refractivity contribution in [3.8, 4) is 5.75 Å². The van der Waals surface area contributed by atoms with Crippen LogP contribution < -0.4 is 4.74 Å². The molecule has 1 amide bonds. The van der Waals surface area contributed by atoms with Gasteiger partial charge in [-0.3, -0.25) is 4.90 Å². The van der Waals surface area contributed by atoms with E-state index in [1.165, 1.54) is 0 Å². The maximum Gasteiger partial charge on any atom is 0.410 e. The zero-order chi connectivity index (χ0) is 18.6. The molecule has 6 heteroatoms. The second-order valence-corrected chi connectivity index (χ2v) is 8.27. The van der Waals surface area contributed by atoms with Crippen LogP contribution in [0.4, 0.5) is 4.79 Å². The van der Waals surface area contributed by atoms with Crippen molar-refractivity contribution in [1.82, 2.24) is 9.80 Å². The molecule has 0 bridgehead atoms. The fraction of sp³-hybridized carbons (Fsp3) is 0.632. The zero-order valence-corrected chi connectivity index (χ0v) is 17.4. The molecule has 1 saturated heterocycles. The summed E-state index contributed by atoms with van der Waals surface area (Å²) in [5, 5.41) is 0. The van der Waals surface area contributed by atoms with Crippen LogP contribution in [0.5, 0.6) is 5.75 Å². The molecule has 2 rings (SSSR count). The number of ether oxygens (including phenoxy) is 2. The lowest BCUT2D eigenvalue weighted by Gasteiger charge is -2.40. The molecule has 0 saturated carbocycles. The Kier molecular flexibility index (Phi) is 6.74. The number of rotatable bonds is 4. The Hall–Kier alpha value is -1.27. The summed E-state index contributed by atoms with van der Waals surface area (Å²) in [5.74, 6) is 0.909. The molecule has 1 aromatic rings. The first-order chi connectivity index (χ1) is 11.7. The maximum atomic E-state index is 12.3. The number of carbonyl (C=O) groups excluding carboxylic acids is 1. The van der Waals surface area contributed by atoms with Crippen LogP contribution in [0.15, 0.2) is 22.7 Å². The van der Waals surface area contributed by atoms with Crippen LogP contribution >= 0.6 is 15.9 Å². The Bertz CT molecular complexity index is 601. The van der Waals surface area contributed by atoms with Crippen molar-refractivity contribution < 1.29 is 14.3 Å². The van der Waals surface area contributed by atoms with Crippen LogP contribution in [0.2, 0.25) is 0 Å². The Balaban J connectivity index is 2.00. The Morgan fingerprint density at radius 1 is 1.32 bits per heavy atom. The molecule has 0 aromatic heterocycles. The van der Waals surface area contributed by atoms with Gasteiger partial charge >= 0.3 is 6.09 Å². The van der Waals surface area contributed by atoms with Crippen molar-refractivity contribution in [1.29, 1.82) is 0 Å². The van der Waals surface area contributed by atoms with E-state index in [1.807, 2.05) is 44.7 Å². The largest absolute Gasteiger partial charge is 0.492 e. The normalized spacial score (nSPS) is 19.0. The van der Waals surface area contributed by atoms with Crippen LogP contribution in [-0.4, -0.2) is 53.8 Å². The third-order valence-corrected chi connectivity index (χ3v) is 4.70. The van der Waals surface area contributed by atoms with Gasteiger partial charge in [-0.15, -0.1) is 0 Å². The van der Waals surface area contributed by atoms with Gasteiger partial charge in [0.1, 0.15) is 11.4 Å². The quantitative estimate of drug-likeness (QED) is 0.739. The first-order valence-corrected chi connectivity index (χ1v) is 9.62. The smallest absolute Gasteiger partial charge is 0.410 e. The van der Waals surface area contributed by atoms with Gasteiger partial charge in [0.05, 0.1) is 11.1 Å². The molecule has 0 spiro atoms. The van der Waals surface area contributed by atoms with Crippen molar-refractivity contribution in [3.63, 3.8) is 0 Å². The third-order valence-electron chi connectivity index (χ3n) is 4.07. The summed E-state index contributed by atoms with van der Waals surface area (Å²) < 4.78 is 12.3. The van der Waals surface area contributed by atoms with E-state index in [-0.39, 0.29) is 12.1 Å². The lowest BCUT2D eigenvalue weighted by atomic mass is 10.1. The molecular weight excluding hydrogens is 384 g/mol. The lowest BCUT2D eigenvalue weighted by molar-refractivity contribution is 0.000463. The van der Waals surface area contributed by atoms with E-state index in [1.54, 1.807) is 0 Å². The molecule has 1 aliphatic rings. The minimum absolute atomic E-state index is 0.117. The molecule has 1 aliphatic heterocycles. The monoisotopic (exact) mass is 412 g/mol. The fourth-order valence-corrected chi connectivity index (χ4v) is 3.52. The van der Waals surface area contributed by atoms with Crippen molar-refractivity contribution >= 4 is 22.0 Å². The Morgan fingerprint density at radius 2 is 2.04 bits per heavy atom. The van der Waals surface area contributed by atoms with Gasteiger partial charge in [-0.05, 0) is 56.6 Å². The molecule has 0 unspecified atom stereocenters.